The van der Waals surface area contributed by atoms with Crippen LogP contribution < -0.4 is 0 Å². The average Bonchev–Trinajstić information content (AvgIpc) is 2.29. The number of benzene rings is 1. The van der Waals surface area contributed by atoms with Gasteiger partial charge in [0.05, 0.1) is 6.42 Å². The maximum Gasteiger partial charge on any atom is 0.303 e. The Labute approximate surface area is 121 Å². The van der Waals surface area contributed by atoms with Crippen molar-refractivity contribution in [1.29, 1.82) is 0 Å². The summed E-state index contributed by atoms with van der Waals surface area (Å²) in [7, 11) is 0. The van der Waals surface area contributed by atoms with Gasteiger partial charge >= 0.3 is 5.97 Å². The lowest BCUT2D eigenvalue weighted by Crippen LogP contribution is -2.14. The molecule has 0 atom stereocenters. The van der Waals surface area contributed by atoms with Gasteiger partial charge in [-0.25, -0.2) is 0 Å². The number of carbonyl (C=O) groups excluding carboxylic acids is 1. The Morgan fingerprint density at radius 3 is 1.95 bits per heavy atom. The molecule has 1 aromatic carbocycles. The molecule has 1 rings (SSSR count). The monoisotopic (exact) mass is 276 g/mol. The maximum absolute atomic E-state index is 11.8. The van der Waals surface area contributed by atoms with Crippen molar-refractivity contribution in [3.8, 4) is 0 Å². The zero-order valence-electron chi connectivity index (χ0n) is 13.0. The third-order valence-electron chi connectivity index (χ3n) is 3.55. The van der Waals surface area contributed by atoms with Crippen LogP contribution in [0.25, 0.3) is 0 Å². The van der Waals surface area contributed by atoms with Crippen molar-refractivity contribution in [2.45, 2.75) is 59.3 Å². The van der Waals surface area contributed by atoms with Crippen LogP contribution in [0.1, 0.15) is 55.9 Å². The summed E-state index contributed by atoms with van der Waals surface area (Å²) in [5, 5.41) is 8.61. The lowest BCUT2D eigenvalue weighted by atomic mass is 9.83. The average molecular weight is 276 g/mol. The third kappa shape index (κ3) is 4.48. The summed E-state index contributed by atoms with van der Waals surface area (Å²) in [6.45, 7) is 10.5. The number of aryl methyl sites for hydroxylation is 2. The fourth-order valence-corrected chi connectivity index (χ4v) is 2.24. The van der Waals surface area contributed by atoms with Crippen LogP contribution >= 0.6 is 0 Å². The van der Waals surface area contributed by atoms with Gasteiger partial charge in [-0.1, -0.05) is 32.9 Å². The Kier molecular flexibility index (Phi) is 5.09. The predicted octanol–water partition coefficient (Wildman–Crippen LogP) is 3.58. The highest BCUT2D eigenvalue weighted by molar-refractivity contribution is 5.84. The van der Waals surface area contributed by atoms with Gasteiger partial charge in [-0.2, -0.15) is 0 Å². The molecule has 0 aliphatic carbocycles. The van der Waals surface area contributed by atoms with Crippen molar-refractivity contribution in [2.24, 2.45) is 0 Å². The maximum atomic E-state index is 11.8. The molecular formula is C17H24O3. The van der Waals surface area contributed by atoms with Gasteiger partial charge in [0.25, 0.3) is 0 Å². The lowest BCUT2D eigenvalue weighted by Gasteiger charge is -2.22. The van der Waals surface area contributed by atoms with E-state index in [1.807, 2.05) is 13.8 Å². The standard InChI is InChI=1S/C17H24O3/c1-11-8-13(17(3,4)5)9-12(2)15(11)10-14(18)6-7-16(19)20/h8-9H,6-7,10H2,1-5H3,(H,19,20). The summed E-state index contributed by atoms with van der Waals surface area (Å²) in [4.78, 5) is 22.3. The zero-order chi connectivity index (χ0) is 15.5. The van der Waals surface area contributed by atoms with Gasteiger partial charge in [-0.3, -0.25) is 9.59 Å². The molecule has 0 aliphatic rings. The topological polar surface area (TPSA) is 54.4 Å². The van der Waals surface area contributed by atoms with E-state index < -0.39 is 5.97 Å². The van der Waals surface area contributed by atoms with E-state index >= 15 is 0 Å². The Morgan fingerprint density at radius 1 is 1.05 bits per heavy atom. The summed E-state index contributed by atoms with van der Waals surface area (Å²) in [5.74, 6) is -0.933. The molecule has 0 aromatic heterocycles. The highest BCUT2D eigenvalue weighted by Gasteiger charge is 2.17. The Balaban J connectivity index is 2.92. The molecule has 0 aliphatic heterocycles. The first kappa shape index (κ1) is 16.4. The number of rotatable bonds is 5. The van der Waals surface area contributed by atoms with Gasteiger partial charge in [-0.05, 0) is 41.5 Å². The molecule has 0 saturated heterocycles. The van der Waals surface area contributed by atoms with Crippen LogP contribution in [0.2, 0.25) is 0 Å². The van der Waals surface area contributed by atoms with Gasteiger partial charge in [0, 0.05) is 12.8 Å². The Morgan fingerprint density at radius 2 is 1.55 bits per heavy atom. The van der Waals surface area contributed by atoms with Crippen molar-refractivity contribution < 1.29 is 14.7 Å². The van der Waals surface area contributed by atoms with Crippen LogP contribution in [-0.4, -0.2) is 16.9 Å². The number of carboxylic acid groups (broad SMARTS) is 1. The van der Waals surface area contributed by atoms with Crippen molar-refractivity contribution in [3.05, 3.63) is 34.4 Å². The number of hydrogen-bond donors (Lipinski definition) is 1. The smallest absolute Gasteiger partial charge is 0.303 e. The summed E-state index contributed by atoms with van der Waals surface area (Å²) >= 11 is 0. The second-order valence-electron chi connectivity index (χ2n) is 6.45. The summed E-state index contributed by atoms with van der Waals surface area (Å²) in [6, 6.07) is 4.26. The lowest BCUT2D eigenvalue weighted by molar-refractivity contribution is -0.138. The number of carbonyl (C=O) groups is 2. The molecule has 0 saturated carbocycles. The second kappa shape index (κ2) is 6.21. The van der Waals surface area contributed by atoms with Crippen LogP contribution in [0.3, 0.4) is 0 Å². The van der Waals surface area contributed by atoms with E-state index in [0.717, 1.165) is 16.7 Å². The number of ketones is 1. The predicted molar refractivity (Wildman–Crippen MR) is 80.2 cm³/mol. The molecule has 1 N–H and O–H groups in total. The summed E-state index contributed by atoms with van der Waals surface area (Å²) < 4.78 is 0. The first-order valence-electron chi connectivity index (χ1n) is 6.95. The second-order valence-corrected chi connectivity index (χ2v) is 6.45. The minimum atomic E-state index is -0.921. The number of Topliss-reactive ketones (excluding diaryl/α,β-unsaturated/α-hetero) is 1. The minimum Gasteiger partial charge on any atom is -0.481 e. The van der Waals surface area contributed by atoms with E-state index in [-0.39, 0.29) is 24.0 Å². The van der Waals surface area contributed by atoms with Crippen molar-refractivity contribution in [3.63, 3.8) is 0 Å². The number of hydrogen-bond acceptors (Lipinski definition) is 2. The van der Waals surface area contributed by atoms with E-state index in [1.54, 1.807) is 0 Å². The molecule has 110 valence electrons. The molecule has 3 heteroatoms. The van der Waals surface area contributed by atoms with Crippen molar-refractivity contribution in [1.82, 2.24) is 0 Å². The van der Waals surface area contributed by atoms with Crippen LogP contribution in [-0.2, 0) is 21.4 Å². The molecule has 0 unspecified atom stereocenters. The summed E-state index contributed by atoms with van der Waals surface area (Å²) in [6.07, 6.45) is 0.349. The van der Waals surface area contributed by atoms with Crippen LogP contribution in [0.5, 0.6) is 0 Å². The van der Waals surface area contributed by atoms with Crippen LogP contribution in [0, 0.1) is 13.8 Å². The quantitative estimate of drug-likeness (QED) is 0.894. The molecule has 20 heavy (non-hydrogen) atoms. The molecule has 0 fully saturated rings. The molecule has 0 amide bonds. The zero-order valence-corrected chi connectivity index (χ0v) is 13.0. The number of aliphatic carboxylic acids is 1. The molecular weight excluding hydrogens is 252 g/mol. The Bertz CT molecular complexity index is 499. The van der Waals surface area contributed by atoms with Crippen molar-refractivity contribution >= 4 is 11.8 Å². The fraction of sp³-hybridized carbons (Fsp3) is 0.529. The number of carboxylic acids is 1. The van der Waals surface area contributed by atoms with Crippen LogP contribution in [0.4, 0.5) is 0 Å². The van der Waals surface area contributed by atoms with E-state index in [4.69, 9.17) is 5.11 Å². The molecule has 0 spiro atoms. The molecule has 0 heterocycles. The van der Waals surface area contributed by atoms with Gasteiger partial charge < -0.3 is 5.11 Å². The van der Waals surface area contributed by atoms with Gasteiger partial charge in [0.2, 0.25) is 0 Å². The molecule has 0 radical (unpaired) electrons. The first-order chi connectivity index (χ1) is 9.11. The van der Waals surface area contributed by atoms with E-state index in [1.165, 1.54) is 5.56 Å². The molecule has 1 aromatic rings. The van der Waals surface area contributed by atoms with E-state index in [2.05, 4.69) is 32.9 Å². The summed E-state index contributed by atoms with van der Waals surface area (Å²) in [5.41, 5.74) is 4.60. The largest absolute Gasteiger partial charge is 0.481 e. The first-order valence-corrected chi connectivity index (χ1v) is 6.95. The van der Waals surface area contributed by atoms with E-state index in [0.29, 0.717) is 6.42 Å². The fourth-order valence-electron chi connectivity index (χ4n) is 2.24. The molecule has 0 bridgehead atoms. The normalized spacial score (nSPS) is 11.4. The minimum absolute atomic E-state index is 0.0119. The van der Waals surface area contributed by atoms with E-state index in [9.17, 15) is 9.59 Å². The van der Waals surface area contributed by atoms with Gasteiger partial charge in [0.15, 0.2) is 0 Å². The molecule has 3 nitrogen and oxygen atoms in total. The van der Waals surface area contributed by atoms with Crippen molar-refractivity contribution in [2.75, 3.05) is 0 Å². The Hall–Kier alpha value is -1.64. The highest BCUT2D eigenvalue weighted by Crippen LogP contribution is 2.27. The highest BCUT2D eigenvalue weighted by atomic mass is 16.4. The SMILES string of the molecule is Cc1cc(C(C)(C)C)cc(C)c1CC(=O)CCC(=O)O. The van der Waals surface area contributed by atoms with Gasteiger partial charge in [-0.15, -0.1) is 0 Å². The van der Waals surface area contributed by atoms with Crippen LogP contribution in [0.15, 0.2) is 12.1 Å². The van der Waals surface area contributed by atoms with Gasteiger partial charge in [0.1, 0.15) is 5.78 Å². The third-order valence-corrected chi connectivity index (χ3v) is 3.55.